The predicted octanol–water partition coefficient (Wildman–Crippen LogP) is 4.69. The van der Waals surface area contributed by atoms with Gasteiger partial charge in [-0.2, -0.15) is 13.2 Å². The summed E-state index contributed by atoms with van der Waals surface area (Å²) in [6.45, 7) is 2.02. The molecule has 0 aromatic heterocycles. The Morgan fingerprint density at radius 2 is 1.95 bits per heavy atom. The first-order chi connectivity index (χ1) is 9.84. The van der Waals surface area contributed by atoms with Gasteiger partial charge in [-0.3, -0.25) is 4.79 Å². The van der Waals surface area contributed by atoms with E-state index >= 15 is 0 Å². The number of hydrogen-bond acceptors (Lipinski definition) is 2. The monoisotopic (exact) mass is 299 g/mol. The molecule has 2 atom stereocenters. The smallest absolute Gasteiger partial charge is 0.398 e. The van der Waals surface area contributed by atoms with Crippen molar-refractivity contribution in [3.05, 3.63) is 29.3 Å². The minimum atomic E-state index is -4.46. The van der Waals surface area contributed by atoms with Crippen molar-refractivity contribution in [1.82, 2.24) is 0 Å². The third kappa shape index (κ3) is 3.39. The zero-order valence-corrected chi connectivity index (χ0v) is 12.0. The van der Waals surface area contributed by atoms with Crippen LogP contribution in [0.5, 0.6) is 0 Å². The zero-order valence-electron chi connectivity index (χ0n) is 12.0. The Bertz CT molecular complexity index is 525. The SMILES string of the molecule is CCC1CCCCC1C(=O)c1cc(C(F)(F)F)ccc1N. The van der Waals surface area contributed by atoms with Crippen LogP contribution < -0.4 is 5.73 Å². The largest absolute Gasteiger partial charge is 0.416 e. The van der Waals surface area contributed by atoms with Crippen molar-refractivity contribution in [3.63, 3.8) is 0 Å². The molecule has 0 spiro atoms. The number of carbonyl (C=O) groups is 1. The summed E-state index contributed by atoms with van der Waals surface area (Å²) >= 11 is 0. The molecule has 21 heavy (non-hydrogen) atoms. The number of ketones is 1. The van der Waals surface area contributed by atoms with E-state index in [1.807, 2.05) is 6.92 Å². The Kier molecular flexibility index (Phi) is 4.59. The zero-order chi connectivity index (χ0) is 15.6. The summed E-state index contributed by atoms with van der Waals surface area (Å²) in [5, 5.41) is 0. The van der Waals surface area contributed by atoms with Crippen molar-refractivity contribution in [3.8, 4) is 0 Å². The van der Waals surface area contributed by atoms with Crippen LogP contribution in [0.1, 0.15) is 54.9 Å². The molecule has 0 amide bonds. The number of rotatable bonds is 3. The Morgan fingerprint density at radius 3 is 2.57 bits per heavy atom. The maximum Gasteiger partial charge on any atom is 0.416 e. The number of nitrogen functional groups attached to an aromatic ring is 1. The Morgan fingerprint density at radius 1 is 1.29 bits per heavy atom. The predicted molar refractivity (Wildman–Crippen MR) is 75.9 cm³/mol. The average Bonchev–Trinajstić information content (AvgIpc) is 2.45. The third-order valence-corrected chi connectivity index (χ3v) is 4.42. The van der Waals surface area contributed by atoms with Gasteiger partial charge in [0.25, 0.3) is 0 Å². The maximum absolute atomic E-state index is 12.8. The summed E-state index contributed by atoms with van der Waals surface area (Å²) in [6, 6.07) is 3.00. The van der Waals surface area contributed by atoms with Crippen molar-refractivity contribution in [2.24, 2.45) is 11.8 Å². The van der Waals surface area contributed by atoms with Crippen LogP contribution in [0.3, 0.4) is 0 Å². The summed E-state index contributed by atoms with van der Waals surface area (Å²) in [7, 11) is 0. The lowest BCUT2D eigenvalue weighted by atomic mass is 9.74. The first-order valence-electron chi connectivity index (χ1n) is 7.35. The van der Waals surface area contributed by atoms with Gasteiger partial charge >= 0.3 is 6.18 Å². The number of Topliss-reactive ketones (excluding diaryl/α,β-unsaturated/α-hetero) is 1. The standard InChI is InChI=1S/C16H20F3NO/c1-2-10-5-3-4-6-12(10)15(21)13-9-11(16(17,18)19)7-8-14(13)20/h7-10,12H,2-6,20H2,1H3. The molecule has 0 radical (unpaired) electrons. The van der Waals surface area contributed by atoms with E-state index in [1.54, 1.807) is 0 Å². The van der Waals surface area contributed by atoms with Gasteiger partial charge in [0.1, 0.15) is 0 Å². The van der Waals surface area contributed by atoms with Crippen LogP contribution in [-0.4, -0.2) is 5.78 Å². The highest BCUT2D eigenvalue weighted by atomic mass is 19.4. The fourth-order valence-electron chi connectivity index (χ4n) is 3.19. The maximum atomic E-state index is 12.8. The number of anilines is 1. The van der Waals surface area contributed by atoms with E-state index in [0.29, 0.717) is 0 Å². The van der Waals surface area contributed by atoms with E-state index < -0.39 is 11.7 Å². The first-order valence-corrected chi connectivity index (χ1v) is 7.35. The molecule has 0 aliphatic heterocycles. The minimum absolute atomic E-state index is 0.0233. The number of hydrogen-bond donors (Lipinski definition) is 1. The van der Waals surface area contributed by atoms with Crippen LogP contribution in [0.2, 0.25) is 0 Å². The van der Waals surface area contributed by atoms with E-state index in [-0.39, 0.29) is 28.9 Å². The molecule has 1 aliphatic rings. The second-order valence-electron chi connectivity index (χ2n) is 5.72. The number of alkyl halides is 3. The average molecular weight is 299 g/mol. The summed E-state index contributed by atoms with van der Waals surface area (Å²) in [5.41, 5.74) is 5.08. The highest BCUT2D eigenvalue weighted by Gasteiger charge is 2.34. The Hall–Kier alpha value is -1.52. The van der Waals surface area contributed by atoms with Crippen LogP contribution in [0.25, 0.3) is 0 Å². The molecule has 1 aromatic rings. The van der Waals surface area contributed by atoms with Gasteiger partial charge in [-0.05, 0) is 37.0 Å². The molecule has 116 valence electrons. The van der Waals surface area contributed by atoms with Crippen molar-refractivity contribution in [2.45, 2.75) is 45.2 Å². The van der Waals surface area contributed by atoms with Gasteiger partial charge in [0.2, 0.25) is 0 Å². The normalized spacial score (nSPS) is 23.0. The van der Waals surface area contributed by atoms with Crippen LogP contribution in [-0.2, 0) is 6.18 Å². The topological polar surface area (TPSA) is 43.1 Å². The molecular weight excluding hydrogens is 279 g/mol. The molecule has 1 aromatic carbocycles. The van der Waals surface area contributed by atoms with Crippen LogP contribution in [0.4, 0.5) is 18.9 Å². The second kappa shape index (κ2) is 6.08. The third-order valence-electron chi connectivity index (χ3n) is 4.42. The molecule has 1 aliphatic carbocycles. The van der Waals surface area contributed by atoms with Gasteiger partial charge in [-0.25, -0.2) is 0 Å². The molecule has 0 heterocycles. The molecule has 0 bridgehead atoms. The molecular formula is C16H20F3NO. The highest BCUT2D eigenvalue weighted by Crippen LogP contribution is 2.37. The van der Waals surface area contributed by atoms with Gasteiger partial charge in [0.15, 0.2) is 5.78 Å². The van der Waals surface area contributed by atoms with Crippen molar-refractivity contribution < 1.29 is 18.0 Å². The Balaban J connectivity index is 2.33. The van der Waals surface area contributed by atoms with Crippen molar-refractivity contribution in [1.29, 1.82) is 0 Å². The lowest BCUT2D eigenvalue weighted by Gasteiger charge is -2.30. The molecule has 0 saturated heterocycles. The summed E-state index contributed by atoms with van der Waals surface area (Å²) in [6.07, 6.45) is 0.152. The number of nitrogens with two attached hydrogens (primary N) is 1. The number of benzene rings is 1. The van der Waals surface area contributed by atoms with Crippen molar-refractivity contribution in [2.75, 3.05) is 5.73 Å². The minimum Gasteiger partial charge on any atom is -0.398 e. The number of carbonyl (C=O) groups excluding carboxylic acids is 1. The number of halogens is 3. The quantitative estimate of drug-likeness (QED) is 0.650. The molecule has 2 nitrogen and oxygen atoms in total. The summed E-state index contributed by atoms with van der Waals surface area (Å²) < 4.78 is 38.4. The van der Waals surface area contributed by atoms with E-state index in [0.717, 1.165) is 44.2 Å². The van der Waals surface area contributed by atoms with Gasteiger partial charge < -0.3 is 5.73 Å². The molecule has 2 unspecified atom stereocenters. The highest BCUT2D eigenvalue weighted by molar-refractivity contribution is 6.02. The van der Waals surface area contributed by atoms with E-state index in [9.17, 15) is 18.0 Å². The lowest BCUT2D eigenvalue weighted by Crippen LogP contribution is -2.27. The van der Waals surface area contributed by atoms with Gasteiger partial charge in [-0.15, -0.1) is 0 Å². The van der Waals surface area contributed by atoms with E-state index in [4.69, 9.17) is 5.73 Å². The van der Waals surface area contributed by atoms with Gasteiger partial charge in [0, 0.05) is 17.2 Å². The summed E-state index contributed by atoms with van der Waals surface area (Å²) in [4.78, 5) is 12.6. The lowest BCUT2D eigenvalue weighted by molar-refractivity contribution is -0.137. The molecule has 2 N–H and O–H groups in total. The van der Waals surface area contributed by atoms with E-state index in [2.05, 4.69) is 0 Å². The molecule has 2 rings (SSSR count). The van der Waals surface area contributed by atoms with Gasteiger partial charge in [-0.1, -0.05) is 26.2 Å². The second-order valence-corrected chi connectivity index (χ2v) is 5.72. The fraction of sp³-hybridized carbons (Fsp3) is 0.562. The first kappa shape index (κ1) is 15.9. The van der Waals surface area contributed by atoms with Crippen LogP contribution in [0.15, 0.2) is 18.2 Å². The molecule has 5 heteroatoms. The van der Waals surface area contributed by atoms with Gasteiger partial charge in [0.05, 0.1) is 5.56 Å². The van der Waals surface area contributed by atoms with E-state index in [1.165, 1.54) is 6.07 Å². The van der Waals surface area contributed by atoms with Crippen LogP contribution >= 0.6 is 0 Å². The summed E-state index contributed by atoms with van der Waals surface area (Å²) in [5.74, 6) is -0.181. The molecule has 1 saturated carbocycles. The van der Waals surface area contributed by atoms with Crippen molar-refractivity contribution >= 4 is 11.5 Å². The fourth-order valence-corrected chi connectivity index (χ4v) is 3.19. The molecule has 1 fully saturated rings. The van der Waals surface area contributed by atoms with Crippen LogP contribution in [0, 0.1) is 11.8 Å². The Labute approximate surface area is 122 Å².